The summed E-state index contributed by atoms with van der Waals surface area (Å²) in [6.45, 7) is 6.31. The number of hydrogen-bond donors (Lipinski definition) is 0. The van der Waals surface area contributed by atoms with Gasteiger partial charge in [-0.2, -0.15) is 0 Å². The van der Waals surface area contributed by atoms with Crippen LogP contribution in [0.4, 0.5) is 0 Å². The Morgan fingerprint density at radius 3 is 2.25 bits per heavy atom. The molecular weight excluding hydrogens is 242 g/mol. The highest BCUT2D eigenvalue weighted by Crippen LogP contribution is 2.04. The molecule has 2 aromatic carbocycles. The molecule has 0 aliphatic carbocycles. The summed E-state index contributed by atoms with van der Waals surface area (Å²) >= 11 is 0. The van der Waals surface area contributed by atoms with E-state index in [9.17, 15) is 0 Å². The van der Waals surface area contributed by atoms with Crippen LogP contribution in [0.1, 0.15) is 11.1 Å². The first kappa shape index (κ1) is 14.1. The average Bonchev–Trinajstić information content (AvgIpc) is 2.49. The van der Waals surface area contributed by atoms with E-state index >= 15 is 0 Å². The highest BCUT2D eigenvalue weighted by molar-refractivity contribution is 5.33. The van der Waals surface area contributed by atoms with Crippen LogP contribution < -0.4 is 0 Å². The molecule has 1 heteroatoms. The van der Waals surface area contributed by atoms with E-state index < -0.39 is 0 Å². The third kappa shape index (κ3) is 4.76. The predicted octanol–water partition coefficient (Wildman–Crippen LogP) is 3.73. The largest absolute Gasteiger partial charge is 0.284 e. The lowest BCUT2D eigenvalue weighted by atomic mass is 10.2. The minimum absolute atomic E-state index is 0.746. The summed E-state index contributed by atoms with van der Waals surface area (Å²) in [5.74, 6) is 6.43. The molecule has 0 aliphatic rings. The van der Waals surface area contributed by atoms with Gasteiger partial charge in [0.25, 0.3) is 0 Å². The fraction of sp³-hybridized carbons (Fsp3) is 0.158. The molecule has 0 amide bonds. The van der Waals surface area contributed by atoms with Crippen LogP contribution in [0.15, 0.2) is 73.3 Å². The SMILES string of the molecule is C=CCN(CC#Cc1ccccc1)Cc1ccccc1. The molecule has 0 atom stereocenters. The van der Waals surface area contributed by atoms with Gasteiger partial charge in [-0.15, -0.1) is 6.58 Å². The Labute approximate surface area is 121 Å². The van der Waals surface area contributed by atoms with Crippen LogP contribution in [0.25, 0.3) is 0 Å². The quantitative estimate of drug-likeness (QED) is 0.585. The molecule has 0 unspecified atom stereocenters. The molecule has 20 heavy (non-hydrogen) atoms. The van der Waals surface area contributed by atoms with Crippen molar-refractivity contribution in [2.75, 3.05) is 13.1 Å². The Morgan fingerprint density at radius 1 is 0.950 bits per heavy atom. The third-order valence-corrected chi connectivity index (χ3v) is 2.95. The van der Waals surface area contributed by atoms with Crippen LogP contribution in [-0.4, -0.2) is 18.0 Å². The zero-order chi connectivity index (χ0) is 14.0. The predicted molar refractivity (Wildman–Crippen MR) is 85.2 cm³/mol. The van der Waals surface area contributed by atoms with Gasteiger partial charge in [0, 0.05) is 18.7 Å². The Hall–Kier alpha value is -2.30. The summed E-state index contributed by atoms with van der Waals surface area (Å²) in [6, 6.07) is 20.5. The first-order chi connectivity index (χ1) is 9.88. The van der Waals surface area contributed by atoms with Crippen LogP contribution >= 0.6 is 0 Å². The van der Waals surface area contributed by atoms with Gasteiger partial charge in [-0.3, -0.25) is 4.90 Å². The maximum Gasteiger partial charge on any atom is 0.0611 e. The number of hydrogen-bond acceptors (Lipinski definition) is 1. The van der Waals surface area contributed by atoms with Crippen molar-refractivity contribution < 1.29 is 0 Å². The second-order valence-corrected chi connectivity index (χ2v) is 4.61. The van der Waals surface area contributed by atoms with Crippen LogP contribution in [0.2, 0.25) is 0 Å². The standard InChI is InChI=1S/C19H19N/c1-2-15-20(17-19-12-7-4-8-13-19)16-9-14-18-10-5-3-6-11-18/h2-8,10-13H,1,15-17H2. The van der Waals surface area contributed by atoms with Crippen molar-refractivity contribution in [3.8, 4) is 11.8 Å². The van der Waals surface area contributed by atoms with Crippen molar-refractivity contribution >= 4 is 0 Å². The molecule has 0 fully saturated rings. The van der Waals surface area contributed by atoms with Gasteiger partial charge in [-0.25, -0.2) is 0 Å². The van der Waals surface area contributed by atoms with E-state index in [0.29, 0.717) is 0 Å². The molecule has 0 heterocycles. The van der Waals surface area contributed by atoms with Gasteiger partial charge in [0.1, 0.15) is 0 Å². The van der Waals surface area contributed by atoms with Gasteiger partial charge in [-0.05, 0) is 17.7 Å². The number of benzene rings is 2. The van der Waals surface area contributed by atoms with Gasteiger partial charge in [0.2, 0.25) is 0 Å². The molecule has 2 aromatic rings. The van der Waals surface area contributed by atoms with E-state index in [1.165, 1.54) is 5.56 Å². The monoisotopic (exact) mass is 261 g/mol. The van der Waals surface area contributed by atoms with Gasteiger partial charge >= 0.3 is 0 Å². The number of nitrogens with zero attached hydrogens (tertiary/aromatic N) is 1. The van der Waals surface area contributed by atoms with Crippen molar-refractivity contribution in [1.82, 2.24) is 4.90 Å². The molecule has 0 saturated heterocycles. The summed E-state index contributed by atoms with van der Waals surface area (Å²) in [6.07, 6.45) is 1.92. The summed E-state index contributed by atoms with van der Waals surface area (Å²) in [4.78, 5) is 2.28. The Morgan fingerprint density at radius 2 is 1.60 bits per heavy atom. The molecule has 0 N–H and O–H groups in total. The van der Waals surface area contributed by atoms with Crippen molar-refractivity contribution in [3.63, 3.8) is 0 Å². The van der Waals surface area contributed by atoms with E-state index in [4.69, 9.17) is 0 Å². The molecule has 100 valence electrons. The number of rotatable bonds is 5. The van der Waals surface area contributed by atoms with Crippen molar-refractivity contribution in [3.05, 3.63) is 84.4 Å². The molecule has 0 aromatic heterocycles. The second kappa shape index (κ2) is 7.99. The molecular formula is C19H19N. The Kier molecular flexibility index (Phi) is 5.64. The van der Waals surface area contributed by atoms with Gasteiger partial charge in [0.15, 0.2) is 0 Å². The van der Waals surface area contributed by atoms with Gasteiger partial charge in [-0.1, -0.05) is 66.4 Å². The fourth-order valence-electron chi connectivity index (χ4n) is 1.98. The van der Waals surface area contributed by atoms with Crippen LogP contribution in [-0.2, 0) is 6.54 Å². The van der Waals surface area contributed by atoms with Crippen molar-refractivity contribution in [2.45, 2.75) is 6.54 Å². The first-order valence-corrected chi connectivity index (χ1v) is 6.79. The summed E-state index contributed by atoms with van der Waals surface area (Å²) in [5, 5.41) is 0. The van der Waals surface area contributed by atoms with E-state index in [2.05, 4.69) is 47.6 Å². The lowest BCUT2D eigenvalue weighted by molar-refractivity contribution is 0.332. The summed E-state index contributed by atoms with van der Waals surface area (Å²) in [5.41, 5.74) is 2.36. The second-order valence-electron chi connectivity index (χ2n) is 4.61. The maximum absolute atomic E-state index is 3.82. The fourth-order valence-corrected chi connectivity index (χ4v) is 1.98. The van der Waals surface area contributed by atoms with E-state index in [1.54, 1.807) is 0 Å². The summed E-state index contributed by atoms with van der Waals surface area (Å²) < 4.78 is 0. The maximum atomic E-state index is 3.82. The molecule has 0 spiro atoms. The smallest absolute Gasteiger partial charge is 0.0611 e. The summed E-state index contributed by atoms with van der Waals surface area (Å²) in [7, 11) is 0. The molecule has 1 nitrogen and oxygen atoms in total. The Bertz CT molecular complexity index is 575. The van der Waals surface area contributed by atoms with E-state index in [0.717, 1.165) is 25.2 Å². The van der Waals surface area contributed by atoms with Gasteiger partial charge in [0.05, 0.1) is 6.54 Å². The van der Waals surface area contributed by atoms with E-state index in [1.807, 2.05) is 42.5 Å². The Balaban J connectivity index is 1.96. The molecule has 0 radical (unpaired) electrons. The molecule has 0 bridgehead atoms. The van der Waals surface area contributed by atoms with Crippen LogP contribution in [0.5, 0.6) is 0 Å². The molecule has 2 rings (SSSR count). The minimum Gasteiger partial charge on any atom is -0.284 e. The lowest BCUT2D eigenvalue weighted by Gasteiger charge is -2.17. The van der Waals surface area contributed by atoms with Crippen LogP contribution in [0, 0.1) is 11.8 Å². The van der Waals surface area contributed by atoms with Crippen molar-refractivity contribution in [2.24, 2.45) is 0 Å². The van der Waals surface area contributed by atoms with Crippen LogP contribution in [0.3, 0.4) is 0 Å². The zero-order valence-electron chi connectivity index (χ0n) is 11.6. The highest BCUT2D eigenvalue weighted by Gasteiger charge is 2.01. The minimum atomic E-state index is 0.746. The van der Waals surface area contributed by atoms with Gasteiger partial charge < -0.3 is 0 Å². The zero-order valence-corrected chi connectivity index (χ0v) is 11.6. The van der Waals surface area contributed by atoms with Crippen molar-refractivity contribution in [1.29, 1.82) is 0 Å². The highest BCUT2D eigenvalue weighted by atomic mass is 15.1. The van der Waals surface area contributed by atoms with E-state index in [-0.39, 0.29) is 0 Å². The normalized spacial score (nSPS) is 9.85. The first-order valence-electron chi connectivity index (χ1n) is 6.79. The third-order valence-electron chi connectivity index (χ3n) is 2.95. The topological polar surface area (TPSA) is 3.24 Å². The average molecular weight is 261 g/mol. The molecule has 0 saturated carbocycles. The lowest BCUT2D eigenvalue weighted by Crippen LogP contribution is -2.23. The molecule has 0 aliphatic heterocycles.